The number of benzene rings is 5. The largest absolute Gasteiger partial charge is 0.314 e. The van der Waals surface area contributed by atoms with Crippen molar-refractivity contribution in [1.29, 1.82) is 0 Å². The standard InChI is InChI=1S/C39H32N4.C4H6/c1-29-30(2)41(31-16-7-3-8-17-31)37-27-26-35(28-36(29)37)43(34-22-13-6-14-23-34)39-25-15-24-38(40-39)42(32-18-9-4-10-19-32)33-20-11-5-12-21-33;1-3-4-2/h3-28H,1-2H3;3-4H,1-2H2. The molecule has 0 saturated heterocycles. The van der Waals surface area contributed by atoms with E-state index in [-0.39, 0.29) is 0 Å². The highest BCUT2D eigenvalue weighted by Gasteiger charge is 2.20. The van der Waals surface area contributed by atoms with Gasteiger partial charge in [0.25, 0.3) is 0 Å². The van der Waals surface area contributed by atoms with E-state index in [0.29, 0.717) is 0 Å². The molecule has 0 aliphatic rings. The van der Waals surface area contributed by atoms with Gasteiger partial charge in [-0.2, -0.15) is 0 Å². The molecule has 0 amide bonds. The lowest BCUT2D eigenvalue weighted by molar-refractivity contribution is 1.04. The monoisotopic (exact) mass is 610 g/mol. The van der Waals surface area contributed by atoms with Gasteiger partial charge in [-0.15, -0.1) is 0 Å². The smallest absolute Gasteiger partial charge is 0.140 e. The van der Waals surface area contributed by atoms with Crippen LogP contribution in [-0.2, 0) is 0 Å². The number of nitrogens with zero attached hydrogens (tertiary/aromatic N) is 4. The van der Waals surface area contributed by atoms with Crippen LogP contribution in [0, 0.1) is 13.8 Å². The summed E-state index contributed by atoms with van der Waals surface area (Å²) in [6.07, 6.45) is 3.28. The highest BCUT2D eigenvalue weighted by molar-refractivity contribution is 5.92. The molecule has 2 heterocycles. The Morgan fingerprint density at radius 3 is 1.43 bits per heavy atom. The number of pyridine rings is 1. The van der Waals surface area contributed by atoms with Gasteiger partial charge in [0.1, 0.15) is 11.6 Å². The lowest BCUT2D eigenvalue weighted by atomic mass is 10.1. The summed E-state index contributed by atoms with van der Waals surface area (Å²) in [4.78, 5) is 9.74. The SMILES string of the molecule is C=CC=C.Cc1c(C)n(-c2ccccc2)c2ccc(N(c3ccccc3)c3cccc(N(c4ccccc4)c4ccccc4)n3)cc12. The Balaban J connectivity index is 0.000000915. The molecular weight excluding hydrogens is 573 g/mol. The number of hydrogen-bond donors (Lipinski definition) is 0. The van der Waals surface area contributed by atoms with Gasteiger partial charge in [0.15, 0.2) is 0 Å². The van der Waals surface area contributed by atoms with Crippen molar-refractivity contribution >= 4 is 45.3 Å². The third-order valence-electron chi connectivity index (χ3n) is 8.16. The second-order valence-corrected chi connectivity index (χ2v) is 11.1. The number of aryl methyl sites for hydroxylation is 1. The summed E-state index contributed by atoms with van der Waals surface area (Å²) in [7, 11) is 0. The number of allylic oxidation sites excluding steroid dienone is 2. The molecule has 0 atom stereocenters. The molecule has 0 N–H and O–H groups in total. The molecule has 0 aliphatic heterocycles. The van der Waals surface area contributed by atoms with Crippen LogP contribution < -0.4 is 9.80 Å². The number of fused-ring (bicyclic) bond motifs is 1. The number of hydrogen-bond acceptors (Lipinski definition) is 3. The lowest BCUT2D eigenvalue weighted by Crippen LogP contribution is -2.15. The molecule has 230 valence electrons. The van der Waals surface area contributed by atoms with Gasteiger partial charge in [-0.05, 0) is 98.3 Å². The summed E-state index contributed by atoms with van der Waals surface area (Å²) in [5.74, 6) is 1.69. The maximum atomic E-state index is 5.30. The van der Waals surface area contributed by atoms with E-state index in [0.717, 1.165) is 34.4 Å². The lowest BCUT2D eigenvalue weighted by Gasteiger charge is -2.28. The van der Waals surface area contributed by atoms with E-state index < -0.39 is 0 Å². The van der Waals surface area contributed by atoms with Crippen LogP contribution in [0.3, 0.4) is 0 Å². The van der Waals surface area contributed by atoms with Crippen LogP contribution >= 0.6 is 0 Å². The van der Waals surface area contributed by atoms with E-state index in [4.69, 9.17) is 4.98 Å². The van der Waals surface area contributed by atoms with Crippen LogP contribution in [0.2, 0.25) is 0 Å². The van der Waals surface area contributed by atoms with E-state index in [1.54, 1.807) is 12.2 Å². The zero-order valence-electron chi connectivity index (χ0n) is 26.9. The molecule has 0 unspecified atom stereocenters. The molecule has 2 aromatic heterocycles. The van der Waals surface area contributed by atoms with Crippen molar-refractivity contribution in [3.8, 4) is 5.69 Å². The first kappa shape index (κ1) is 30.9. The van der Waals surface area contributed by atoms with E-state index in [1.165, 1.54) is 27.8 Å². The van der Waals surface area contributed by atoms with Gasteiger partial charge in [0, 0.05) is 39.5 Å². The van der Waals surface area contributed by atoms with Crippen molar-refractivity contribution in [2.24, 2.45) is 0 Å². The molecular formula is C43H38N4. The summed E-state index contributed by atoms with van der Waals surface area (Å²) < 4.78 is 2.35. The zero-order valence-corrected chi connectivity index (χ0v) is 26.9. The van der Waals surface area contributed by atoms with E-state index in [9.17, 15) is 0 Å². The van der Waals surface area contributed by atoms with E-state index >= 15 is 0 Å². The minimum absolute atomic E-state index is 0.844. The molecule has 5 aromatic carbocycles. The first-order chi connectivity index (χ1) is 23.1. The molecule has 47 heavy (non-hydrogen) atoms. The molecule has 7 rings (SSSR count). The van der Waals surface area contributed by atoms with Crippen molar-refractivity contribution in [3.63, 3.8) is 0 Å². The molecule has 4 heteroatoms. The number of para-hydroxylation sites is 4. The summed E-state index contributed by atoms with van der Waals surface area (Å²) in [6, 6.07) is 54.8. The second-order valence-electron chi connectivity index (χ2n) is 11.1. The number of anilines is 6. The van der Waals surface area contributed by atoms with Crippen LogP contribution in [-0.4, -0.2) is 9.55 Å². The Morgan fingerprint density at radius 2 is 0.957 bits per heavy atom. The van der Waals surface area contributed by atoms with Gasteiger partial charge in [-0.25, -0.2) is 4.98 Å². The van der Waals surface area contributed by atoms with Crippen LogP contribution in [0.5, 0.6) is 0 Å². The van der Waals surface area contributed by atoms with Crippen molar-refractivity contribution < 1.29 is 0 Å². The molecule has 0 radical (unpaired) electrons. The van der Waals surface area contributed by atoms with Crippen LogP contribution in [0.1, 0.15) is 11.3 Å². The summed E-state index contributed by atoms with van der Waals surface area (Å²) in [5, 5.41) is 1.23. The minimum Gasteiger partial charge on any atom is -0.314 e. The second kappa shape index (κ2) is 14.3. The van der Waals surface area contributed by atoms with Crippen molar-refractivity contribution in [2.75, 3.05) is 9.80 Å². The highest BCUT2D eigenvalue weighted by Crippen LogP contribution is 2.40. The molecule has 4 nitrogen and oxygen atoms in total. The molecule has 7 aromatic rings. The fraction of sp³-hybridized carbons (Fsp3) is 0.0465. The normalized spacial score (nSPS) is 10.5. The van der Waals surface area contributed by atoms with Crippen molar-refractivity contribution in [1.82, 2.24) is 9.55 Å². The van der Waals surface area contributed by atoms with E-state index in [2.05, 4.69) is 187 Å². The molecule has 0 bridgehead atoms. The zero-order chi connectivity index (χ0) is 32.6. The van der Waals surface area contributed by atoms with Gasteiger partial charge in [-0.3, -0.25) is 9.80 Å². The summed E-state index contributed by atoms with van der Waals surface area (Å²) in [6.45, 7) is 11.1. The van der Waals surface area contributed by atoms with Gasteiger partial charge in [0.05, 0.1) is 5.52 Å². The first-order valence-corrected chi connectivity index (χ1v) is 15.7. The van der Waals surface area contributed by atoms with Gasteiger partial charge < -0.3 is 4.57 Å². The first-order valence-electron chi connectivity index (χ1n) is 15.7. The average molecular weight is 611 g/mol. The van der Waals surface area contributed by atoms with Crippen molar-refractivity contribution in [2.45, 2.75) is 13.8 Å². The van der Waals surface area contributed by atoms with Gasteiger partial charge >= 0.3 is 0 Å². The maximum Gasteiger partial charge on any atom is 0.140 e. The van der Waals surface area contributed by atoms with Crippen molar-refractivity contribution in [3.05, 3.63) is 194 Å². The fourth-order valence-corrected chi connectivity index (χ4v) is 5.83. The van der Waals surface area contributed by atoms with E-state index in [1.807, 2.05) is 12.1 Å². The Hall–Kier alpha value is -6.13. The molecule has 0 saturated carbocycles. The third kappa shape index (κ3) is 6.49. The Labute approximate surface area is 277 Å². The van der Waals surface area contributed by atoms with Gasteiger partial charge in [0.2, 0.25) is 0 Å². The predicted octanol–water partition coefficient (Wildman–Crippen LogP) is 11.9. The Morgan fingerprint density at radius 1 is 0.511 bits per heavy atom. The summed E-state index contributed by atoms with van der Waals surface area (Å²) in [5.41, 5.74) is 9.10. The van der Waals surface area contributed by atoms with Gasteiger partial charge in [-0.1, -0.05) is 104 Å². The van der Waals surface area contributed by atoms with Crippen LogP contribution in [0.25, 0.3) is 16.6 Å². The average Bonchev–Trinajstić information content (AvgIpc) is 3.39. The quantitative estimate of drug-likeness (QED) is 0.160. The topological polar surface area (TPSA) is 24.3 Å². The minimum atomic E-state index is 0.844. The van der Waals surface area contributed by atoms with Crippen LogP contribution in [0.15, 0.2) is 183 Å². The molecule has 0 aliphatic carbocycles. The Kier molecular flexibility index (Phi) is 9.40. The predicted molar refractivity (Wildman–Crippen MR) is 200 cm³/mol. The summed E-state index contributed by atoms with van der Waals surface area (Å²) >= 11 is 0. The highest BCUT2D eigenvalue weighted by atomic mass is 15.3. The Bertz CT molecular complexity index is 2040. The maximum absolute atomic E-state index is 5.30. The number of rotatable bonds is 8. The molecule has 0 fully saturated rings. The molecule has 0 spiro atoms. The number of aromatic nitrogens is 2. The fourth-order valence-electron chi connectivity index (χ4n) is 5.83. The van der Waals surface area contributed by atoms with Crippen LogP contribution in [0.4, 0.5) is 34.4 Å². The third-order valence-corrected chi connectivity index (χ3v) is 8.16.